The first-order chi connectivity index (χ1) is 12.1. The predicted octanol–water partition coefficient (Wildman–Crippen LogP) is 3.93. The minimum absolute atomic E-state index is 0. The first-order valence-electron chi connectivity index (χ1n) is 8.49. The van der Waals surface area contributed by atoms with Crippen LogP contribution in [0.1, 0.15) is 16.7 Å². The van der Waals surface area contributed by atoms with E-state index in [4.69, 9.17) is 11.6 Å². The van der Waals surface area contributed by atoms with Crippen molar-refractivity contribution < 1.29 is 0 Å². The molecule has 0 bridgehead atoms. The molecule has 0 amide bonds. The smallest absolute Gasteiger partial charge is 0.191 e. The fraction of sp³-hybridized carbons (Fsp3) is 0.350. The quantitative estimate of drug-likeness (QED) is 0.354. The van der Waals surface area contributed by atoms with Crippen molar-refractivity contribution in [2.24, 2.45) is 4.99 Å². The van der Waals surface area contributed by atoms with E-state index >= 15 is 0 Å². The van der Waals surface area contributed by atoms with E-state index in [1.165, 1.54) is 16.7 Å². The molecule has 26 heavy (non-hydrogen) atoms. The van der Waals surface area contributed by atoms with E-state index in [0.717, 1.165) is 37.0 Å². The zero-order chi connectivity index (χ0) is 18.1. The summed E-state index contributed by atoms with van der Waals surface area (Å²) in [5.41, 5.74) is 3.83. The molecular weight excluding hydrogens is 459 g/mol. The number of rotatable bonds is 7. The normalized spacial score (nSPS) is 11.2. The van der Waals surface area contributed by atoms with Crippen LogP contribution in [-0.2, 0) is 19.5 Å². The van der Waals surface area contributed by atoms with Gasteiger partial charge in [0, 0.05) is 31.7 Å². The van der Waals surface area contributed by atoms with Gasteiger partial charge in [0.1, 0.15) is 0 Å². The lowest BCUT2D eigenvalue weighted by atomic mass is 10.1. The number of nitrogens with zero attached hydrogens (tertiary/aromatic N) is 2. The lowest BCUT2D eigenvalue weighted by Crippen LogP contribution is -2.38. The third-order valence-electron chi connectivity index (χ3n) is 3.87. The molecule has 0 saturated heterocycles. The van der Waals surface area contributed by atoms with Crippen molar-refractivity contribution in [3.63, 3.8) is 0 Å². The summed E-state index contributed by atoms with van der Waals surface area (Å²) >= 11 is 6.02. The van der Waals surface area contributed by atoms with Gasteiger partial charge in [0.2, 0.25) is 0 Å². The summed E-state index contributed by atoms with van der Waals surface area (Å²) in [5, 5.41) is 7.52. The molecule has 0 fully saturated rings. The van der Waals surface area contributed by atoms with Crippen molar-refractivity contribution in [2.75, 3.05) is 27.7 Å². The first-order valence-corrected chi connectivity index (χ1v) is 8.86. The van der Waals surface area contributed by atoms with Crippen LogP contribution in [-0.4, -0.2) is 38.5 Å². The molecular formula is C20H28ClIN4. The zero-order valence-corrected chi connectivity index (χ0v) is 18.7. The monoisotopic (exact) mass is 486 g/mol. The Morgan fingerprint density at radius 1 is 1.04 bits per heavy atom. The van der Waals surface area contributed by atoms with Crippen LogP contribution in [0, 0.1) is 0 Å². The lowest BCUT2D eigenvalue weighted by molar-refractivity contribution is 0.400. The fourth-order valence-corrected chi connectivity index (χ4v) is 2.86. The zero-order valence-electron chi connectivity index (χ0n) is 15.6. The third-order valence-corrected chi connectivity index (χ3v) is 4.11. The topological polar surface area (TPSA) is 39.7 Å². The van der Waals surface area contributed by atoms with Crippen LogP contribution < -0.4 is 10.6 Å². The van der Waals surface area contributed by atoms with E-state index in [9.17, 15) is 0 Å². The van der Waals surface area contributed by atoms with E-state index in [2.05, 4.69) is 65.0 Å². The summed E-state index contributed by atoms with van der Waals surface area (Å²) in [7, 11) is 5.96. The van der Waals surface area contributed by atoms with E-state index in [0.29, 0.717) is 0 Å². The van der Waals surface area contributed by atoms with Gasteiger partial charge in [-0.25, -0.2) is 0 Å². The molecule has 2 aromatic rings. The van der Waals surface area contributed by atoms with Crippen LogP contribution >= 0.6 is 35.6 Å². The van der Waals surface area contributed by atoms with E-state index in [1.54, 1.807) is 7.05 Å². The highest BCUT2D eigenvalue weighted by molar-refractivity contribution is 14.0. The Kier molecular flexibility index (Phi) is 10.6. The molecule has 0 aliphatic carbocycles. The molecule has 0 aliphatic rings. The number of guanidine groups is 1. The minimum atomic E-state index is 0. The molecule has 2 aromatic carbocycles. The lowest BCUT2D eigenvalue weighted by Gasteiger charge is -2.16. The van der Waals surface area contributed by atoms with Crippen LogP contribution in [0.5, 0.6) is 0 Å². The molecule has 2 N–H and O–H groups in total. The van der Waals surface area contributed by atoms with Gasteiger partial charge in [-0.1, -0.05) is 48.0 Å². The molecule has 0 aliphatic heterocycles. The van der Waals surface area contributed by atoms with Crippen molar-refractivity contribution in [2.45, 2.75) is 19.5 Å². The second kappa shape index (κ2) is 12.1. The van der Waals surface area contributed by atoms with Crippen molar-refractivity contribution >= 4 is 41.5 Å². The Balaban J connectivity index is 0.00000338. The molecule has 4 nitrogen and oxygen atoms in total. The van der Waals surface area contributed by atoms with Crippen molar-refractivity contribution in [3.8, 4) is 0 Å². The number of benzene rings is 2. The minimum Gasteiger partial charge on any atom is -0.356 e. The summed E-state index contributed by atoms with van der Waals surface area (Å²) in [6, 6.07) is 16.4. The molecule has 6 heteroatoms. The predicted molar refractivity (Wildman–Crippen MR) is 123 cm³/mol. The van der Waals surface area contributed by atoms with Crippen LogP contribution in [0.15, 0.2) is 53.5 Å². The molecule has 0 atom stereocenters. The number of hydrogen-bond donors (Lipinski definition) is 2. The summed E-state index contributed by atoms with van der Waals surface area (Å²) < 4.78 is 0. The second-order valence-electron chi connectivity index (χ2n) is 6.24. The maximum Gasteiger partial charge on any atom is 0.191 e. The molecule has 0 radical (unpaired) electrons. The first kappa shape index (κ1) is 22.7. The summed E-state index contributed by atoms with van der Waals surface area (Å²) in [6.45, 7) is 2.48. The van der Waals surface area contributed by atoms with Crippen LogP contribution in [0.2, 0.25) is 5.02 Å². The van der Waals surface area contributed by atoms with Gasteiger partial charge >= 0.3 is 0 Å². The Bertz CT molecular complexity index is 704. The number of halogens is 2. The summed E-state index contributed by atoms with van der Waals surface area (Å²) in [4.78, 5) is 6.48. The van der Waals surface area contributed by atoms with Gasteiger partial charge < -0.3 is 15.5 Å². The maximum absolute atomic E-state index is 6.02. The van der Waals surface area contributed by atoms with Crippen molar-refractivity contribution in [1.29, 1.82) is 0 Å². The van der Waals surface area contributed by atoms with Gasteiger partial charge in [0.15, 0.2) is 5.96 Å². The van der Waals surface area contributed by atoms with Crippen molar-refractivity contribution in [1.82, 2.24) is 15.5 Å². The van der Waals surface area contributed by atoms with Gasteiger partial charge in [0.25, 0.3) is 0 Å². The highest BCUT2D eigenvalue weighted by Crippen LogP contribution is 2.11. The largest absolute Gasteiger partial charge is 0.356 e. The van der Waals surface area contributed by atoms with Crippen LogP contribution in [0.3, 0.4) is 0 Å². The number of hydrogen-bond acceptors (Lipinski definition) is 2. The second-order valence-corrected chi connectivity index (χ2v) is 6.68. The van der Waals surface area contributed by atoms with Crippen LogP contribution in [0.4, 0.5) is 0 Å². The van der Waals surface area contributed by atoms with Gasteiger partial charge in [-0.05, 0) is 49.3 Å². The fourth-order valence-electron chi connectivity index (χ4n) is 2.64. The van der Waals surface area contributed by atoms with Gasteiger partial charge in [-0.3, -0.25) is 4.99 Å². The van der Waals surface area contributed by atoms with Gasteiger partial charge in [-0.15, -0.1) is 24.0 Å². The highest BCUT2D eigenvalue weighted by atomic mass is 127. The Hall–Kier alpha value is -1.31. The molecule has 0 spiro atoms. The summed E-state index contributed by atoms with van der Waals surface area (Å²) in [5.74, 6) is 0.807. The average Bonchev–Trinajstić information content (AvgIpc) is 2.58. The van der Waals surface area contributed by atoms with Gasteiger partial charge in [-0.2, -0.15) is 0 Å². The standard InChI is InChI=1S/C20H27ClN4.HI/c1-22-20(23-12-11-16-7-6-10-19(21)13-16)24-14-17-8-4-5-9-18(17)15-25(2)3;/h4-10,13H,11-12,14-15H2,1-3H3,(H2,22,23,24);1H. The molecule has 2 rings (SSSR count). The van der Waals surface area contributed by atoms with E-state index < -0.39 is 0 Å². The van der Waals surface area contributed by atoms with Gasteiger partial charge in [0.05, 0.1) is 0 Å². The molecule has 0 unspecified atom stereocenters. The number of aliphatic imine (C=N–C) groups is 1. The molecule has 0 saturated carbocycles. The number of nitrogens with one attached hydrogen (secondary N) is 2. The SMILES string of the molecule is CN=C(NCCc1cccc(Cl)c1)NCc1ccccc1CN(C)C.I. The third kappa shape index (κ3) is 7.93. The summed E-state index contributed by atoms with van der Waals surface area (Å²) in [6.07, 6.45) is 0.901. The van der Waals surface area contributed by atoms with E-state index in [-0.39, 0.29) is 24.0 Å². The Labute approximate surface area is 179 Å². The molecule has 142 valence electrons. The maximum atomic E-state index is 6.02. The molecule has 0 aromatic heterocycles. The Morgan fingerprint density at radius 3 is 2.42 bits per heavy atom. The average molecular weight is 487 g/mol. The highest BCUT2D eigenvalue weighted by Gasteiger charge is 2.04. The molecule has 0 heterocycles. The van der Waals surface area contributed by atoms with E-state index in [1.807, 2.05) is 18.2 Å². The van der Waals surface area contributed by atoms with Crippen LogP contribution in [0.25, 0.3) is 0 Å². The van der Waals surface area contributed by atoms with Crippen molar-refractivity contribution in [3.05, 3.63) is 70.2 Å². The Morgan fingerprint density at radius 2 is 1.77 bits per heavy atom.